The van der Waals surface area contributed by atoms with E-state index in [4.69, 9.17) is 5.26 Å². The predicted molar refractivity (Wildman–Crippen MR) is 135 cm³/mol. The lowest BCUT2D eigenvalue weighted by Crippen LogP contribution is -2.45. The van der Waals surface area contributed by atoms with Crippen LogP contribution in [0.25, 0.3) is 0 Å². The summed E-state index contributed by atoms with van der Waals surface area (Å²) in [4.78, 5) is 17.3. The van der Waals surface area contributed by atoms with E-state index >= 15 is 0 Å². The van der Waals surface area contributed by atoms with E-state index in [-0.39, 0.29) is 18.0 Å². The number of nitrogens with zero attached hydrogens (tertiary/aromatic N) is 6. The van der Waals surface area contributed by atoms with E-state index in [1.54, 1.807) is 18.3 Å². The molecule has 1 aliphatic heterocycles. The van der Waals surface area contributed by atoms with Crippen molar-refractivity contribution in [3.05, 3.63) is 78.1 Å². The Morgan fingerprint density at radius 2 is 1.91 bits per heavy atom. The number of piperidine rings is 1. The summed E-state index contributed by atoms with van der Waals surface area (Å²) in [5.74, 6) is -2.24. The van der Waals surface area contributed by atoms with E-state index in [9.17, 15) is 8.78 Å². The van der Waals surface area contributed by atoms with Crippen molar-refractivity contribution in [1.82, 2.24) is 15.0 Å². The van der Waals surface area contributed by atoms with Crippen molar-refractivity contribution in [3.8, 4) is 6.07 Å². The first-order chi connectivity index (χ1) is 16.8. The van der Waals surface area contributed by atoms with Crippen LogP contribution in [0.5, 0.6) is 0 Å². The molecule has 2 aromatic heterocycles. The highest BCUT2D eigenvalue weighted by molar-refractivity contribution is 5.60. The Kier molecular flexibility index (Phi) is 8.69. The molecule has 184 valence electrons. The topological polar surface area (TPSA) is 68.9 Å². The number of allylic oxidation sites excluding steroid dienone is 4. The number of hydrogen-bond donors (Lipinski definition) is 0. The Labute approximate surface area is 206 Å². The average Bonchev–Trinajstić information content (AvgIpc) is 2.91. The molecule has 0 aromatic carbocycles. The molecule has 0 atom stereocenters. The zero-order chi connectivity index (χ0) is 25.4. The third-order valence-corrected chi connectivity index (χ3v) is 6.42. The van der Waals surface area contributed by atoms with Gasteiger partial charge in [0.05, 0.1) is 29.8 Å². The lowest BCUT2D eigenvalue weighted by Gasteiger charge is -2.40. The molecule has 35 heavy (non-hydrogen) atoms. The molecule has 1 fully saturated rings. The van der Waals surface area contributed by atoms with Gasteiger partial charge >= 0.3 is 0 Å². The summed E-state index contributed by atoms with van der Waals surface area (Å²) in [6.45, 7) is 10.5. The summed E-state index contributed by atoms with van der Waals surface area (Å²) >= 11 is 0. The summed E-state index contributed by atoms with van der Waals surface area (Å²) < 4.78 is 28.3. The molecule has 0 radical (unpaired) electrons. The Hall–Kier alpha value is -3.60. The summed E-state index contributed by atoms with van der Waals surface area (Å²) in [6, 6.07) is 4.15. The molecule has 0 aliphatic carbocycles. The lowest BCUT2D eigenvalue weighted by molar-refractivity contribution is 0.0377. The maximum atomic E-state index is 14.2. The SMILES string of the molecule is C=C/C(=C\C=C(/C)C(F)(F)CC)N(c1cnccc1CC)C1CCN(c2ncc(C#N)cn2)CC1. The van der Waals surface area contributed by atoms with Gasteiger partial charge in [-0.25, -0.2) is 18.7 Å². The second-order valence-electron chi connectivity index (χ2n) is 8.53. The van der Waals surface area contributed by atoms with Gasteiger partial charge in [0.2, 0.25) is 5.95 Å². The van der Waals surface area contributed by atoms with Crippen LogP contribution in [0.2, 0.25) is 0 Å². The highest BCUT2D eigenvalue weighted by Crippen LogP contribution is 2.32. The molecule has 0 N–H and O–H groups in total. The lowest BCUT2D eigenvalue weighted by atomic mass is 9.99. The van der Waals surface area contributed by atoms with Gasteiger partial charge in [0.25, 0.3) is 5.92 Å². The summed E-state index contributed by atoms with van der Waals surface area (Å²) in [6.07, 6.45) is 13.8. The number of aromatic nitrogens is 3. The summed E-state index contributed by atoms with van der Waals surface area (Å²) in [5.41, 5.74) is 3.30. The first kappa shape index (κ1) is 26.0. The highest BCUT2D eigenvalue weighted by atomic mass is 19.3. The minimum Gasteiger partial charge on any atom is -0.341 e. The van der Waals surface area contributed by atoms with Gasteiger partial charge in [-0.05, 0) is 55.5 Å². The van der Waals surface area contributed by atoms with Gasteiger partial charge < -0.3 is 9.80 Å². The molecule has 6 nitrogen and oxygen atoms in total. The Bertz CT molecular complexity index is 1110. The molecule has 0 spiro atoms. The Morgan fingerprint density at radius 3 is 2.49 bits per heavy atom. The van der Waals surface area contributed by atoms with E-state index in [2.05, 4.69) is 38.3 Å². The molecule has 2 aromatic rings. The molecular formula is C27H32F2N6. The summed E-state index contributed by atoms with van der Waals surface area (Å²) in [7, 11) is 0. The van der Waals surface area contributed by atoms with Crippen LogP contribution in [0.15, 0.2) is 66.9 Å². The Morgan fingerprint density at radius 1 is 1.23 bits per heavy atom. The van der Waals surface area contributed by atoms with Crippen LogP contribution >= 0.6 is 0 Å². The number of halogens is 2. The van der Waals surface area contributed by atoms with Crippen molar-refractivity contribution in [3.63, 3.8) is 0 Å². The van der Waals surface area contributed by atoms with Crippen molar-refractivity contribution < 1.29 is 8.78 Å². The molecule has 3 rings (SSSR count). The number of aryl methyl sites for hydroxylation is 1. The van der Waals surface area contributed by atoms with Gasteiger partial charge in [0.1, 0.15) is 6.07 Å². The monoisotopic (exact) mass is 478 g/mol. The van der Waals surface area contributed by atoms with Crippen molar-refractivity contribution >= 4 is 11.6 Å². The number of alkyl halides is 2. The second kappa shape index (κ2) is 11.7. The van der Waals surface area contributed by atoms with E-state index in [1.165, 1.54) is 32.3 Å². The number of rotatable bonds is 9. The molecular weight excluding hydrogens is 446 g/mol. The van der Waals surface area contributed by atoms with Crippen molar-refractivity contribution in [2.75, 3.05) is 22.9 Å². The molecule has 1 saturated heterocycles. The molecule has 0 unspecified atom stereocenters. The fraction of sp³-hybridized carbons (Fsp3) is 0.407. The molecule has 1 aliphatic rings. The van der Waals surface area contributed by atoms with Gasteiger partial charge in [0.15, 0.2) is 0 Å². The van der Waals surface area contributed by atoms with Gasteiger partial charge in [0, 0.05) is 37.4 Å². The summed E-state index contributed by atoms with van der Waals surface area (Å²) in [5, 5.41) is 8.98. The number of anilines is 2. The standard InChI is InChI=1S/C27H32F2N6/c1-5-22-10-13-31-19-25(22)35(23(6-2)9-8-20(4)27(28,29)7-3)24-11-14-34(15-12-24)26-32-17-21(16-30)18-33-26/h6,8-10,13,17-19,24H,2,5,7,11-12,14-15H2,1,3-4H3/b20-8+,23-9+. The van der Waals surface area contributed by atoms with Crippen molar-refractivity contribution in [2.45, 2.75) is 58.4 Å². The van der Waals surface area contributed by atoms with Crippen LogP contribution in [-0.4, -0.2) is 40.0 Å². The number of nitriles is 1. The molecule has 0 saturated carbocycles. The fourth-order valence-corrected chi connectivity index (χ4v) is 4.20. The smallest absolute Gasteiger partial charge is 0.269 e. The zero-order valence-electron chi connectivity index (χ0n) is 20.6. The van der Waals surface area contributed by atoms with Crippen LogP contribution < -0.4 is 9.80 Å². The molecule has 3 heterocycles. The normalized spacial score (nSPS) is 15.6. The van der Waals surface area contributed by atoms with E-state index in [0.717, 1.165) is 49.3 Å². The third-order valence-electron chi connectivity index (χ3n) is 6.42. The molecule has 8 heteroatoms. The van der Waals surface area contributed by atoms with Crippen LogP contribution in [0.1, 0.15) is 51.2 Å². The minimum absolute atomic E-state index is 0.0222. The van der Waals surface area contributed by atoms with Gasteiger partial charge in [-0.15, -0.1) is 0 Å². The van der Waals surface area contributed by atoms with Crippen LogP contribution in [0.4, 0.5) is 20.4 Å². The fourth-order valence-electron chi connectivity index (χ4n) is 4.20. The molecule has 0 bridgehead atoms. The van der Waals surface area contributed by atoms with Crippen molar-refractivity contribution in [1.29, 1.82) is 5.26 Å². The van der Waals surface area contributed by atoms with E-state index < -0.39 is 5.92 Å². The minimum atomic E-state index is -2.84. The first-order valence-electron chi connectivity index (χ1n) is 11.9. The van der Waals surface area contributed by atoms with Gasteiger partial charge in [-0.2, -0.15) is 5.26 Å². The molecule has 0 amide bonds. The quantitative estimate of drug-likeness (QED) is 0.422. The van der Waals surface area contributed by atoms with Crippen LogP contribution in [0.3, 0.4) is 0 Å². The average molecular weight is 479 g/mol. The first-order valence-corrected chi connectivity index (χ1v) is 11.9. The largest absolute Gasteiger partial charge is 0.341 e. The maximum absolute atomic E-state index is 14.2. The third kappa shape index (κ3) is 6.10. The maximum Gasteiger partial charge on any atom is 0.269 e. The Balaban J connectivity index is 1.92. The van der Waals surface area contributed by atoms with Gasteiger partial charge in [-0.3, -0.25) is 4.98 Å². The van der Waals surface area contributed by atoms with Crippen molar-refractivity contribution in [2.24, 2.45) is 0 Å². The van der Waals surface area contributed by atoms with Crippen LogP contribution in [-0.2, 0) is 6.42 Å². The van der Waals surface area contributed by atoms with E-state index in [0.29, 0.717) is 11.5 Å². The number of hydrogen-bond acceptors (Lipinski definition) is 6. The second-order valence-corrected chi connectivity index (χ2v) is 8.53. The van der Waals surface area contributed by atoms with Gasteiger partial charge in [-0.1, -0.05) is 26.5 Å². The van der Waals surface area contributed by atoms with E-state index in [1.807, 2.05) is 18.3 Å². The zero-order valence-corrected chi connectivity index (χ0v) is 20.6. The van der Waals surface area contributed by atoms with Crippen LogP contribution in [0, 0.1) is 11.3 Å². The highest BCUT2D eigenvalue weighted by Gasteiger charge is 2.30. The number of pyridine rings is 1. The predicted octanol–water partition coefficient (Wildman–Crippen LogP) is 5.84.